The average Bonchev–Trinajstić information content (AvgIpc) is 2.98. The minimum absolute atomic E-state index is 0.175. The molecule has 0 heterocycles. The normalized spacial score (nSPS) is 47.1. The molecule has 0 aromatic rings. The van der Waals surface area contributed by atoms with E-state index >= 15 is 8.78 Å². The van der Waals surface area contributed by atoms with E-state index in [0.29, 0.717) is 18.4 Å². The first-order chi connectivity index (χ1) is 15.3. The van der Waals surface area contributed by atoms with Crippen LogP contribution in [0, 0.1) is 28.1 Å². The molecule has 4 aliphatic carbocycles. The number of hydrogen-bond acceptors (Lipinski definition) is 6. The lowest BCUT2D eigenvalue weighted by atomic mass is 9.41. The summed E-state index contributed by atoms with van der Waals surface area (Å²) in [5, 5.41) is 21.1. The van der Waals surface area contributed by atoms with Crippen molar-refractivity contribution in [2.75, 3.05) is 6.61 Å². The lowest BCUT2D eigenvalue weighted by Crippen LogP contribution is -2.72. The van der Waals surface area contributed by atoms with Gasteiger partial charge in [-0.1, -0.05) is 32.4 Å². The van der Waals surface area contributed by atoms with Gasteiger partial charge in [0.2, 0.25) is 11.6 Å². The summed E-state index contributed by atoms with van der Waals surface area (Å²) in [6, 6.07) is 0. The van der Waals surface area contributed by atoms with Crippen molar-refractivity contribution in [2.24, 2.45) is 28.1 Å². The molecule has 4 rings (SSSR count). The second-order valence-corrected chi connectivity index (χ2v) is 10.6. The maximum absolute atomic E-state index is 17.2. The van der Waals surface area contributed by atoms with E-state index in [1.807, 2.05) is 6.92 Å². The molecule has 0 bridgehead atoms. The SMILES string of the molecule is C=C1C[C@H]2[C@@H]3C[C@H](F)C4=CC(=O)C(=O)C(=O)[C@]4(C)[C@@]3(F)[C@@H](O)C[C@]2(C)[C@@]1(CCC)C(=O)CO. The summed E-state index contributed by atoms with van der Waals surface area (Å²) >= 11 is 0. The highest BCUT2D eigenvalue weighted by atomic mass is 19.1. The molecule has 3 saturated carbocycles. The number of allylic oxidation sites excluding steroid dienone is 2. The number of fused-ring (bicyclic) bond motifs is 5. The van der Waals surface area contributed by atoms with Gasteiger partial charge in [0.15, 0.2) is 11.5 Å². The predicted molar refractivity (Wildman–Crippen MR) is 113 cm³/mol. The Labute approximate surface area is 191 Å². The zero-order valence-corrected chi connectivity index (χ0v) is 19.1. The monoisotopic (exact) mass is 464 g/mol. The van der Waals surface area contributed by atoms with Crippen molar-refractivity contribution in [1.29, 1.82) is 0 Å². The van der Waals surface area contributed by atoms with Crippen LogP contribution in [0.5, 0.6) is 0 Å². The summed E-state index contributed by atoms with van der Waals surface area (Å²) in [5.41, 5.74) is -7.16. The highest BCUT2D eigenvalue weighted by molar-refractivity contribution is 6.68. The fraction of sp³-hybridized carbons (Fsp3) is 0.680. The Kier molecular flexibility index (Phi) is 5.27. The number of aliphatic hydroxyl groups excluding tert-OH is 2. The van der Waals surface area contributed by atoms with Crippen LogP contribution in [0.1, 0.15) is 52.9 Å². The quantitative estimate of drug-likeness (QED) is 0.489. The Bertz CT molecular complexity index is 1020. The number of Topliss-reactive ketones (excluding diaryl/α,β-unsaturated/α-hetero) is 3. The van der Waals surface area contributed by atoms with Gasteiger partial charge in [-0.05, 0) is 55.6 Å². The zero-order valence-electron chi connectivity index (χ0n) is 19.1. The number of hydrogen-bond donors (Lipinski definition) is 2. The minimum atomic E-state index is -2.70. The summed E-state index contributed by atoms with van der Waals surface area (Å²) in [4.78, 5) is 50.4. The van der Waals surface area contributed by atoms with Gasteiger partial charge in [0.25, 0.3) is 5.78 Å². The topological polar surface area (TPSA) is 109 Å². The summed E-state index contributed by atoms with van der Waals surface area (Å²) < 4.78 is 32.7. The number of alkyl halides is 2. The smallest absolute Gasteiger partial charge is 0.269 e. The number of carbonyl (C=O) groups is 4. The number of ketones is 4. The molecule has 3 fully saturated rings. The van der Waals surface area contributed by atoms with E-state index in [2.05, 4.69) is 6.58 Å². The molecule has 0 aromatic carbocycles. The summed E-state index contributed by atoms with van der Waals surface area (Å²) in [6.45, 7) is 8.09. The van der Waals surface area contributed by atoms with Gasteiger partial charge in [-0.3, -0.25) is 19.2 Å². The van der Waals surface area contributed by atoms with E-state index in [9.17, 15) is 29.4 Å². The van der Waals surface area contributed by atoms with E-state index in [0.717, 1.165) is 13.0 Å². The van der Waals surface area contributed by atoms with Gasteiger partial charge in [0, 0.05) is 5.92 Å². The van der Waals surface area contributed by atoms with Crippen LogP contribution in [0.2, 0.25) is 0 Å². The van der Waals surface area contributed by atoms with E-state index in [1.165, 1.54) is 0 Å². The van der Waals surface area contributed by atoms with Crippen molar-refractivity contribution in [2.45, 2.75) is 70.8 Å². The van der Waals surface area contributed by atoms with E-state index in [1.54, 1.807) is 6.92 Å². The first-order valence-corrected chi connectivity index (χ1v) is 11.5. The molecule has 4 aliphatic rings. The lowest BCUT2D eigenvalue weighted by molar-refractivity contribution is -0.219. The molecule has 0 amide bonds. The van der Waals surface area contributed by atoms with Gasteiger partial charge in [0.05, 0.1) is 16.9 Å². The van der Waals surface area contributed by atoms with Crippen LogP contribution in [0.15, 0.2) is 23.8 Å². The van der Waals surface area contributed by atoms with Gasteiger partial charge in [-0.15, -0.1) is 0 Å². The number of halogens is 2. The second kappa shape index (κ2) is 7.22. The molecule has 0 spiro atoms. The number of carbonyl (C=O) groups excluding carboxylic acids is 4. The molecule has 0 saturated heterocycles. The molecule has 2 N–H and O–H groups in total. The molecular formula is C25H30F2O6. The third-order valence-corrected chi connectivity index (χ3v) is 9.55. The fourth-order valence-electron chi connectivity index (χ4n) is 8.02. The van der Waals surface area contributed by atoms with E-state index < -0.39 is 87.8 Å². The first kappa shape index (κ1) is 24.1. The molecule has 33 heavy (non-hydrogen) atoms. The van der Waals surface area contributed by atoms with Crippen LogP contribution in [0.25, 0.3) is 0 Å². The van der Waals surface area contributed by atoms with Crippen LogP contribution in [-0.4, -0.2) is 57.9 Å². The highest BCUT2D eigenvalue weighted by Crippen LogP contribution is 2.73. The van der Waals surface area contributed by atoms with E-state index in [-0.39, 0.29) is 12.8 Å². The van der Waals surface area contributed by atoms with Crippen LogP contribution in [-0.2, 0) is 19.2 Å². The molecule has 8 heteroatoms. The lowest BCUT2D eigenvalue weighted by Gasteiger charge is -2.63. The van der Waals surface area contributed by atoms with Gasteiger partial charge in [-0.25, -0.2) is 8.78 Å². The molecular weight excluding hydrogens is 434 g/mol. The van der Waals surface area contributed by atoms with Gasteiger partial charge < -0.3 is 10.2 Å². The molecule has 8 atom stereocenters. The molecule has 0 radical (unpaired) electrons. The molecule has 6 nitrogen and oxygen atoms in total. The zero-order chi connectivity index (χ0) is 24.7. The molecule has 0 unspecified atom stereocenters. The summed E-state index contributed by atoms with van der Waals surface area (Å²) in [6.07, 6.45) is -2.49. The number of aliphatic hydroxyl groups is 2. The maximum atomic E-state index is 17.2. The Morgan fingerprint density at radius 3 is 2.45 bits per heavy atom. The Morgan fingerprint density at radius 2 is 1.88 bits per heavy atom. The third kappa shape index (κ3) is 2.49. The van der Waals surface area contributed by atoms with Crippen molar-refractivity contribution in [3.8, 4) is 0 Å². The standard InChI is InChI=1S/C25H30F2O6/c1-5-6-24(19(31)11-28)12(2)7-13-14-8-16(26)15-9-17(29)20(32)21(33)23(15,4)25(14,27)18(30)10-22(13,24)3/h9,13-14,16,18,28,30H,2,5-8,10-11H2,1,3-4H3/t13-,14-,16-,18-,22-,23+,24+,25-/m0/s1. The van der Waals surface area contributed by atoms with Gasteiger partial charge >= 0.3 is 0 Å². The highest BCUT2D eigenvalue weighted by Gasteiger charge is 2.78. The summed E-state index contributed by atoms with van der Waals surface area (Å²) in [7, 11) is 0. The minimum Gasteiger partial charge on any atom is -0.390 e. The predicted octanol–water partition coefficient (Wildman–Crippen LogP) is 2.40. The summed E-state index contributed by atoms with van der Waals surface area (Å²) in [5.74, 6) is -6.26. The Balaban J connectivity index is 1.94. The Hall–Kier alpha value is -2.06. The molecule has 180 valence electrons. The van der Waals surface area contributed by atoms with Crippen LogP contribution < -0.4 is 0 Å². The van der Waals surface area contributed by atoms with Crippen molar-refractivity contribution in [3.05, 3.63) is 23.8 Å². The molecule has 0 aliphatic heterocycles. The van der Waals surface area contributed by atoms with Crippen LogP contribution in [0.4, 0.5) is 8.78 Å². The first-order valence-electron chi connectivity index (χ1n) is 11.5. The van der Waals surface area contributed by atoms with Crippen molar-refractivity contribution < 1.29 is 38.2 Å². The van der Waals surface area contributed by atoms with Crippen LogP contribution >= 0.6 is 0 Å². The second-order valence-electron chi connectivity index (χ2n) is 10.6. The maximum Gasteiger partial charge on any atom is 0.269 e. The largest absolute Gasteiger partial charge is 0.390 e. The Morgan fingerprint density at radius 1 is 1.24 bits per heavy atom. The number of rotatable bonds is 4. The third-order valence-electron chi connectivity index (χ3n) is 9.55. The van der Waals surface area contributed by atoms with Crippen molar-refractivity contribution >= 4 is 23.1 Å². The van der Waals surface area contributed by atoms with Gasteiger partial charge in [0.1, 0.15) is 12.8 Å². The average molecular weight is 465 g/mol. The van der Waals surface area contributed by atoms with Crippen molar-refractivity contribution in [1.82, 2.24) is 0 Å². The van der Waals surface area contributed by atoms with Gasteiger partial charge in [-0.2, -0.15) is 0 Å². The van der Waals surface area contributed by atoms with Crippen LogP contribution in [0.3, 0.4) is 0 Å². The fourth-order valence-corrected chi connectivity index (χ4v) is 8.02. The molecule has 0 aromatic heterocycles. The van der Waals surface area contributed by atoms with E-state index in [4.69, 9.17) is 0 Å². The van der Waals surface area contributed by atoms with Crippen molar-refractivity contribution in [3.63, 3.8) is 0 Å².